The van der Waals surface area contributed by atoms with Gasteiger partial charge in [-0.05, 0) is 26.0 Å². The molecule has 110 valence electrons. The van der Waals surface area contributed by atoms with Crippen LogP contribution < -0.4 is 5.32 Å². The third kappa shape index (κ3) is 4.80. The van der Waals surface area contributed by atoms with Crippen molar-refractivity contribution < 1.29 is 23.1 Å². The van der Waals surface area contributed by atoms with Gasteiger partial charge in [0.1, 0.15) is 17.3 Å². The van der Waals surface area contributed by atoms with E-state index in [0.717, 1.165) is 23.9 Å². The predicted octanol–water partition coefficient (Wildman–Crippen LogP) is 2.59. The van der Waals surface area contributed by atoms with Gasteiger partial charge in [-0.1, -0.05) is 6.07 Å². The fourth-order valence-electron chi connectivity index (χ4n) is 1.31. The summed E-state index contributed by atoms with van der Waals surface area (Å²) in [7, 11) is 0. The molecule has 0 spiro atoms. The zero-order valence-corrected chi connectivity index (χ0v) is 11.9. The summed E-state index contributed by atoms with van der Waals surface area (Å²) in [5.74, 6) is -2.71. The molecule has 1 amide bonds. The average Bonchev–Trinajstić information content (AvgIpc) is 2.40. The molecular weight excluding hydrogens is 288 g/mol. The molecule has 1 aromatic carbocycles. The molecule has 0 saturated heterocycles. The molecule has 0 aliphatic rings. The topological polar surface area (TPSA) is 55.4 Å². The molecule has 0 bridgehead atoms. The second-order valence-corrected chi connectivity index (χ2v) is 5.17. The number of amides is 1. The Morgan fingerprint density at radius 2 is 1.95 bits per heavy atom. The normalized spacial score (nSPS) is 11.8. The Labute approximate surface area is 119 Å². The van der Waals surface area contributed by atoms with Gasteiger partial charge in [-0.3, -0.25) is 9.59 Å². The van der Waals surface area contributed by atoms with Gasteiger partial charge in [-0.15, -0.1) is 11.8 Å². The molecule has 1 rings (SSSR count). The van der Waals surface area contributed by atoms with Crippen molar-refractivity contribution in [1.82, 2.24) is 0 Å². The Morgan fingerprint density at radius 3 is 2.50 bits per heavy atom. The smallest absolute Gasteiger partial charge is 0.315 e. The van der Waals surface area contributed by atoms with Crippen molar-refractivity contribution >= 4 is 29.3 Å². The molecule has 1 atom stereocenters. The number of hydrogen-bond acceptors (Lipinski definition) is 4. The molecule has 1 N–H and O–H groups in total. The minimum atomic E-state index is -0.846. The number of anilines is 1. The second kappa shape index (κ2) is 7.84. The van der Waals surface area contributed by atoms with E-state index in [1.807, 2.05) is 0 Å². The van der Waals surface area contributed by atoms with Crippen LogP contribution in [0.25, 0.3) is 0 Å². The van der Waals surface area contributed by atoms with E-state index in [1.54, 1.807) is 6.92 Å². The van der Waals surface area contributed by atoms with Gasteiger partial charge in [-0.25, -0.2) is 8.78 Å². The third-order valence-corrected chi connectivity index (χ3v) is 3.45. The number of benzene rings is 1. The lowest BCUT2D eigenvalue weighted by Crippen LogP contribution is -2.25. The monoisotopic (exact) mass is 303 g/mol. The number of esters is 1. The van der Waals surface area contributed by atoms with Gasteiger partial charge in [-0.2, -0.15) is 0 Å². The van der Waals surface area contributed by atoms with Gasteiger partial charge < -0.3 is 10.1 Å². The number of thioether (sulfide) groups is 1. The van der Waals surface area contributed by atoms with Crippen molar-refractivity contribution in [1.29, 1.82) is 0 Å². The minimum absolute atomic E-state index is 0.00216. The second-order valence-electron chi connectivity index (χ2n) is 3.84. The van der Waals surface area contributed by atoms with Crippen LogP contribution in [0.3, 0.4) is 0 Å². The van der Waals surface area contributed by atoms with Gasteiger partial charge in [0.15, 0.2) is 0 Å². The molecule has 1 aromatic rings. The molecule has 0 unspecified atom stereocenters. The number of hydrogen-bond donors (Lipinski definition) is 1. The van der Waals surface area contributed by atoms with Crippen LogP contribution in [0.1, 0.15) is 13.8 Å². The van der Waals surface area contributed by atoms with Gasteiger partial charge in [0, 0.05) is 0 Å². The van der Waals surface area contributed by atoms with Crippen LogP contribution in [0.15, 0.2) is 18.2 Å². The van der Waals surface area contributed by atoms with E-state index in [2.05, 4.69) is 5.32 Å². The lowest BCUT2D eigenvalue weighted by Gasteiger charge is -2.12. The van der Waals surface area contributed by atoms with Crippen LogP contribution >= 0.6 is 11.8 Å². The molecule has 0 aliphatic carbocycles. The first-order valence-electron chi connectivity index (χ1n) is 5.97. The summed E-state index contributed by atoms with van der Waals surface area (Å²) in [5.41, 5.74) is -0.485. The maximum absolute atomic E-state index is 13.4. The highest BCUT2D eigenvalue weighted by Gasteiger charge is 2.18. The summed E-state index contributed by atoms with van der Waals surface area (Å²) < 4.78 is 31.4. The highest BCUT2D eigenvalue weighted by Crippen LogP contribution is 2.20. The van der Waals surface area contributed by atoms with E-state index >= 15 is 0 Å². The Kier molecular flexibility index (Phi) is 6.44. The molecule has 0 fully saturated rings. The minimum Gasteiger partial charge on any atom is -0.465 e. The van der Waals surface area contributed by atoms with E-state index in [0.29, 0.717) is 0 Å². The van der Waals surface area contributed by atoms with Crippen LogP contribution in [0.4, 0.5) is 14.5 Å². The van der Waals surface area contributed by atoms with E-state index in [1.165, 1.54) is 13.0 Å². The average molecular weight is 303 g/mol. The van der Waals surface area contributed by atoms with E-state index in [4.69, 9.17) is 4.74 Å². The first kappa shape index (κ1) is 16.4. The van der Waals surface area contributed by atoms with Crippen LogP contribution in [-0.2, 0) is 14.3 Å². The van der Waals surface area contributed by atoms with Crippen molar-refractivity contribution in [3.63, 3.8) is 0 Å². The standard InChI is InChI=1S/C13H15F2NO3S/c1-3-19-11(17)7-20-8(2)13(18)16-12-9(14)5-4-6-10(12)15/h4-6,8H,3,7H2,1-2H3,(H,16,18)/t8-/m1/s1. The van der Waals surface area contributed by atoms with Crippen molar-refractivity contribution in [2.24, 2.45) is 0 Å². The summed E-state index contributed by atoms with van der Waals surface area (Å²) in [6, 6.07) is 3.31. The number of nitrogens with one attached hydrogen (secondary N) is 1. The lowest BCUT2D eigenvalue weighted by atomic mass is 10.3. The zero-order chi connectivity index (χ0) is 15.1. The first-order valence-corrected chi connectivity index (χ1v) is 7.02. The summed E-state index contributed by atoms with van der Waals surface area (Å²) in [4.78, 5) is 22.9. The fraction of sp³-hybridized carbons (Fsp3) is 0.385. The number of halogens is 2. The van der Waals surface area contributed by atoms with Gasteiger partial charge in [0.05, 0.1) is 17.6 Å². The summed E-state index contributed by atoms with van der Waals surface area (Å²) in [6.07, 6.45) is 0. The largest absolute Gasteiger partial charge is 0.465 e. The van der Waals surface area contributed by atoms with Crippen molar-refractivity contribution in [3.05, 3.63) is 29.8 Å². The van der Waals surface area contributed by atoms with Gasteiger partial charge in [0.2, 0.25) is 5.91 Å². The Morgan fingerprint density at radius 1 is 1.35 bits per heavy atom. The molecule has 0 saturated carbocycles. The highest BCUT2D eigenvalue weighted by molar-refractivity contribution is 8.01. The Balaban J connectivity index is 2.56. The molecule has 7 heteroatoms. The van der Waals surface area contributed by atoms with Crippen molar-refractivity contribution in [2.45, 2.75) is 19.1 Å². The number of ether oxygens (including phenoxy) is 1. The van der Waals surface area contributed by atoms with E-state index < -0.39 is 34.4 Å². The Bertz CT molecular complexity index is 476. The fourth-order valence-corrected chi connectivity index (χ4v) is 1.99. The predicted molar refractivity (Wildman–Crippen MR) is 73.5 cm³/mol. The summed E-state index contributed by atoms with van der Waals surface area (Å²) in [5, 5.41) is 1.53. The summed E-state index contributed by atoms with van der Waals surface area (Å²) in [6.45, 7) is 3.48. The van der Waals surface area contributed by atoms with Crippen LogP contribution in [0.5, 0.6) is 0 Å². The number of carbonyl (C=O) groups excluding carboxylic acids is 2. The number of rotatable bonds is 6. The van der Waals surface area contributed by atoms with Crippen LogP contribution in [0.2, 0.25) is 0 Å². The number of carbonyl (C=O) groups is 2. The molecule has 0 aromatic heterocycles. The van der Waals surface area contributed by atoms with Crippen molar-refractivity contribution in [3.8, 4) is 0 Å². The maximum atomic E-state index is 13.4. The SMILES string of the molecule is CCOC(=O)CS[C@H](C)C(=O)Nc1c(F)cccc1F. The van der Waals surface area contributed by atoms with E-state index in [9.17, 15) is 18.4 Å². The third-order valence-electron chi connectivity index (χ3n) is 2.34. The first-order chi connectivity index (χ1) is 9.45. The number of para-hydroxylation sites is 1. The van der Waals surface area contributed by atoms with Gasteiger partial charge >= 0.3 is 5.97 Å². The summed E-state index contributed by atoms with van der Waals surface area (Å²) >= 11 is 1.03. The molecule has 20 heavy (non-hydrogen) atoms. The zero-order valence-electron chi connectivity index (χ0n) is 11.1. The maximum Gasteiger partial charge on any atom is 0.315 e. The quantitative estimate of drug-likeness (QED) is 0.821. The lowest BCUT2D eigenvalue weighted by molar-refractivity contribution is -0.139. The molecule has 0 radical (unpaired) electrons. The highest BCUT2D eigenvalue weighted by atomic mass is 32.2. The van der Waals surface area contributed by atoms with Gasteiger partial charge in [0.25, 0.3) is 0 Å². The van der Waals surface area contributed by atoms with Crippen LogP contribution in [0, 0.1) is 11.6 Å². The molecule has 0 aliphatic heterocycles. The molecular formula is C13H15F2NO3S. The van der Waals surface area contributed by atoms with E-state index in [-0.39, 0.29) is 12.4 Å². The van der Waals surface area contributed by atoms with Crippen LogP contribution in [-0.4, -0.2) is 29.5 Å². The molecule has 0 heterocycles. The Hall–Kier alpha value is -1.63. The molecule has 4 nitrogen and oxygen atoms in total. The van der Waals surface area contributed by atoms with Crippen molar-refractivity contribution in [2.75, 3.05) is 17.7 Å².